The molecule has 0 spiro atoms. The van der Waals surface area contributed by atoms with Gasteiger partial charge < -0.3 is 10.2 Å². The summed E-state index contributed by atoms with van der Waals surface area (Å²) in [6, 6.07) is 0. The smallest absolute Gasteiger partial charge is 0.219 e. The number of carbonyl (C=O) groups excluding carboxylic acids is 1. The molecule has 0 bridgehead atoms. The average molecular weight is 185 g/mol. The van der Waals surface area contributed by atoms with Gasteiger partial charge in [-0.05, 0) is 6.92 Å². The van der Waals surface area contributed by atoms with E-state index < -0.39 is 12.6 Å². The molecule has 4 nitrogen and oxygen atoms in total. The number of aliphatic hydroxyl groups is 1. The number of hydrogen-bond acceptors (Lipinski definition) is 4. The number of hydrogen-bond donors (Lipinski definition) is 2. The Bertz CT molecular complexity index is 352. The minimum atomic E-state index is -0.931. The highest BCUT2D eigenvalue weighted by Gasteiger charge is 2.15. The van der Waals surface area contributed by atoms with E-state index in [4.69, 9.17) is 5.11 Å². The summed E-state index contributed by atoms with van der Waals surface area (Å²) in [5.74, 6) is -1.32. The van der Waals surface area contributed by atoms with E-state index in [0.717, 1.165) is 0 Å². The van der Waals surface area contributed by atoms with E-state index in [-0.39, 0.29) is 22.6 Å². The molecule has 0 atom stereocenters. The maximum absolute atomic E-state index is 12.9. The van der Waals surface area contributed by atoms with Gasteiger partial charge in [0.05, 0.1) is 17.9 Å². The van der Waals surface area contributed by atoms with Crippen LogP contribution >= 0.6 is 0 Å². The number of halogens is 1. The molecule has 2 N–H and O–H groups in total. The van der Waals surface area contributed by atoms with Gasteiger partial charge in [-0.3, -0.25) is 4.79 Å². The van der Waals surface area contributed by atoms with Gasteiger partial charge in [-0.1, -0.05) is 0 Å². The van der Waals surface area contributed by atoms with Crippen molar-refractivity contribution in [3.63, 3.8) is 0 Å². The van der Waals surface area contributed by atoms with Gasteiger partial charge in [-0.15, -0.1) is 0 Å². The third-order valence-electron chi connectivity index (χ3n) is 1.71. The Kier molecular flexibility index (Phi) is 2.57. The molecule has 13 heavy (non-hydrogen) atoms. The third kappa shape index (κ3) is 1.50. The lowest BCUT2D eigenvalue weighted by Gasteiger charge is -2.06. The van der Waals surface area contributed by atoms with Crippen LogP contribution in [0.4, 0.5) is 4.39 Å². The fourth-order valence-electron chi connectivity index (χ4n) is 0.994. The number of aldehydes is 1. The van der Waals surface area contributed by atoms with Crippen LogP contribution < -0.4 is 0 Å². The minimum absolute atomic E-state index is 0.0248. The summed E-state index contributed by atoms with van der Waals surface area (Å²) >= 11 is 0. The molecule has 1 rings (SSSR count). The molecular weight excluding hydrogens is 177 g/mol. The van der Waals surface area contributed by atoms with Crippen molar-refractivity contribution in [3.05, 3.63) is 22.8 Å². The molecule has 0 aliphatic heterocycles. The molecular formula is C8H8FNO3. The van der Waals surface area contributed by atoms with Gasteiger partial charge in [0, 0.05) is 5.56 Å². The standard InChI is InChI=1S/C8H8FNO3/c1-4-7(13)5(2-11)6(3-12)8(9)10-4/h2,12-13H,3H2,1H3. The highest BCUT2D eigenvalue weighted by Crippen LogP contribution is 2.23. The zero-order valence-electron chi connectivity index (χ0n) is 6.91. The van der Waals surface area contributed by atoms with Crippen molar-refractivity contribution in [2.45, 2.75) is 13.5 Å². The van der Waals surface area contributed by atoms with E-state index in [2.05, 4.69) is 4.98 Å². The second-order valence-electron chi connectivity index (χ2n) is 2.50. The van der Waals surface area contributed by atoms with E-state index in [1.807, 2.05) is 0 Å². The fraction of sp³-hybridized carbons (Fsp3) is 0.250. The summed E-state index contributed by atoms with van der Waals surface area (Å²) in [7, 11) is 0. The Morgan fingerprint density at radius 3 is 2.69 bits per heavy atom. The monoisotopic (exact) mass is 185 g/mol. The van der Waals surface area contributed by atoms with Crippen molar-refractivity contribution in [2.24, 2.45) is 0 Å². The lowest BCUT2D eigenvalue weighted by Crippen LogP contribution is -2.02. The maximum Gasteiger partial charge on any atom is 0.219 e. The number of carbonyl (C=O) groups is 1. The summed E-state index contributed by atoms with van der Waals surface area (Å²) < 4.78 is 12.9. The first-order valence-corrected chi connectivity index (χ1v) is 3.55. The highest BCUT2D eigenvalue weighted by molar-refractivity contribution is 5.81. The first kappa shape index (κ1) is 9.60. The van der Waals surface area contributed by atoms with Gasteiger partial charge in [-0.2, -0.15) is 4.39 Å². The number of aromatic hydroxyl groups is 1. The Morgan fingerprint density at radius 1 is 1.62 bits per heavy atom. The predicted molar refractivity (Wildman–Crippen MR) is 41.9 cm³/mol. The number of aryl methyl sites for hydroxylation is 1. The number of nitrogens with zero attached hydrogens (tertiary/aromatic N) is 1. The van der Waals surface area contributed by atoms with Crippen LogP contribution in [-0.2, 0) is 6.61 Å². The molecule has 0 saturated carbocycles. The van der Waals surface area contributed by atoms with Crippen LogP contribution in [0.5, 0.6) is 5.75 Å². The molecule has 0 aromatic carbocycles. The van der Waals surface area contributed by atoms with Crippen molar-refractivity contribution in [1.82, 2.24) is 4.98 Å². The summed E-state index contributed by atoms with van der Waals surface area (Å²) in [5, 5.41) is 18.0. The van der Waals surface area contributed by atoms with Crippen LogP contribution in [0.3, 0.4) is 0 Å². The largest absolute Gasteiger partial charge is 0.505 e. The lowest BCUT2D eigenvalue weighted by molar-refractivity contribution is 0.111. The molecule has 0 saturated heterocycles. The molecule has 0 amide bonds. The predicted octanol–water partition coefficient (Wildman–Crippen LogP) is 0.540. The van der Waals surface area contributed by atoms with Crippen LogP contribution in [0.15, 0.2) is 0 Å². The molecule has 1 aromatic rings. The average Bonchev–Trinajstić information content (AvgIpc) is 2.10. The van der Waals surface area contributed by atoms with Crippen LogP contribution in [0.25, 0.3) is 0 Å². The summed E-state index contributed by atoms with van der Waals surface area (Å²) in [6.45, 7) is 0.702. The van der Waals surface area contributed by atoms with Crippen molar-refractivity contribution >= 4 is 6.29 Å². The molecule has 0 aliphatic carbocycles. The first-order chi connectivity index (χ1) is 6.11. The van der Waals surface area contributed by atoms with Crippen molar-refractivity contribution in [1.29, 1.82) is 0 Å². The van der Waals surface area contributed by atoms with E-state index in [1.165, 1.54) is 6.92 Å². The summed E-state index contributed by atoms with van der Waals surface area (Å²) in [6.07, 6.45) is 0.290. The number of aliphatic hydroxyl groups excluding tert-OH is 1. The first-order valence-electron chi connectivity index (χ1n) is 3.55. The molecule has 1 heterocycles. The van der Waals surface area contributed by atoms with Crippen molar-refractivity contribution in [2.75, 3.05) is 0 Å². The zero-order valence-corrected chi connectivity index (χ0v) is 6.91. The van der Waals surface area contributed by atoms with Gasteiger partial charge in [0.15, 0.2) is 6.29 Å². The van der Waals surface area contributed by atoms with Crippen LogP contribution in [-0.4, -0.2) is 21.5 Å². The van der Waals surface area contributed by atoms with Gasteiger partial charge in [0.25, 0.3) is 0 Å². The summed E-state index contributed by atoms with van der Waals surface area (Å²) in [4.78, 5) is 13.8. The van der Waals surface area contributed by atoms with Crippen LogP contribution in [0.2, 0.25) is 0 Å². The normalized spacial score (nSPS) is 10.1. The quantitative estimate of drug-likeness (QED) is 0.521. The maximum atomic E-state index is 12.9. The molecule has 1 aromatic heterocycles. The topological polar surface area (TPSA) is 70.4 Å². The highest BCUT2D eigenvalue weighted by atomic mass is 19.1. The minimum Gasteiger partial charge on any atom is -0.505 e. The molecule has 0 unspecified atom stereocenters. The number of aromatic nitrogens is 1. The van der Waals surface area contributed by atoms with Crippen molar-refractivity contribution in [3.8, 4) is 5.75 Å². The number of pyridine rings is 1. The Hall–Kier alpha value is -1.49. The Balaban J connectivity index is 3.50. The van der Waals surface area contributed by atoms with E-state index in [9.17, 15) is 14.3 Å². The number of rotatable bonds is 2. The SMILES string of the molecule is Cc1nc(F)c(CO)c(C=O)c1O. The Morgan fingerprint density at radius 2 is 2.23 bits per heavy atom. The van der Waals surface area contributed by atoms with E-state index >= 15 is 0 Å². The molecule has 0 radical (unpaired) electrons. The van der Waals surface area contributed by atoms with Crippen LogP contribution in [0.1, 0.15) is 21.6 Å². The molecule has 0 aliphatic rings. The van der Waals surface area contributed by atoms with Gasteiger partial charge in [-0.25, -0.2) is 4.98 Å². The summed E-state index contributed by atoms with van der Waals surface area (Å²) in [5.41, 5.74) is -0.498. The third-order valence-corrected chi connectivity index (χ3v) is 1.71. The second-order valence-corrected chi connectivity index (χ2v) is 2.50. The van der Waals surface area contributed by atoms with Gasteiger partial charge >= 0.3 is 0 Å². The molecule has 0 fully saturated rings. The molecule has 5 heteroatoms. The van der Waals surface area contributed by atoms with Gasteiger partial charge in [0.1, 0.15) is 5.75 Å². The van der Waals surface area contributed by atoms with Crippen molar-refractivity contribution < 1.29 is 19.4 Å². The lowest BCUT2D eigenvalue weighted by atomic mass is 10.1. The van der Waals surface area contributed by atoms with Gasteiger partial charge in [0.2, 0.25) is 5.95 Å². The zero-order chi connectivity index (χ0) is 10.0. The van der Waals surface area contributed by atoms with Crippen LogP contribution in [0, 0.1) is 12.9 Å². The Labute approximate surface area is 73.7 Å². The van der Waals surface area contributed by atoms with E-state index in [0.29, 0.717) is 6.29 Å². The second kappa shape index (κ2) is 3.49. The fourth-order valence-corrected chi connectivity index (χ4v) is 0.994. The molecule has 70 valence electrons. The van der Waals surface area contributed by atoms with E-state index in [1.54, 1.807) is 0 Å².